The standard InChI is InChI=1S/C30H49N9/c1-7-11-25(27-18-22(3)37-38(27)6)36-26(20-33-14-17-39-15-9-10-16-39)23(12-13-31)24-19-34-21-35-29(32)28(24)30(4,5)8-2/h8,11,18-19,21,23-24,33H,2,7,9-10,12-17,20,31-32H2,1,3-6H3/b25-11-,36-26?. The van der Waals surface area contributed by atoms with E-state index in [-0.39, 0.29) is 17.3 Å². The van der Waals surface area contributed by atoms with Gasteiger partial charge in [0, 0.05) is 55.9 Å². The highest BCUT2D eigenvalue weighted by Crippen LogP contribution is 2.40. The van der Waals surface area contributed by atoms with E-state index < -0.39 is 0 Å². The van der Waals surface area contributed by atoms with Crippen molar-refractivity contribution in [2.75, 3.05) is 39.3 Å². The number of nitrogens with one attached hydrogen (secondary N) is 1. The maximum Gasteiger partial charge on any atom is 0.125 e. The van der Waals surface area contributed by atoms with Gasteiger partial charge < -0.3 is 21.7 Å². The first kappa shape index (κ1) is 30.7. The topological polar surface area (TPSA) is 122 Å². The van der Waals surface area contributed by atoms with Crippen molar-refractivity contribution in [3.05, 3.63) is 47.6 Å². The number of aromatic nitrogens is 2. The van der Waals surface area contributed by atoms with Crippen LogP contribution in [-0.2, 0) is 7.05 Å². The number of nitrogens with zero attached hydrogens (tertiary/aromatic N) is 6. The van der Waals surface area contributed by atoms with Gasteiger partial charge in [0.25, 0.3) is 0 Å². The lowest BCUT2D eigenvalue weighted by atomic mass is 9.70. The number of hydrogen-bond donors (Lipinski definition) is 3. The SMILES string of the molecule is C=CC(C)(C)C1=C(N)N=CN=CC1C(CCN)C(CNCCN1CCCC1)=N/C(=C\CC)c1cc(C)nn1C. The van der Waals surface area contributed by atoms with E-state index in [1.54, 1.807) is 0 Å². The lowest BCUT2D eigenvalue weighted by Crippen LogP contribution is -2.40. The Morgan fingerprint density at radius 1 is 1.33 bits per heavy atom. The van der Waals surface area contributed by atoms with Gasteiger partial charge in [-0.1, -0.05) is 32.9 Å². The van der Waals surface area contributed by atoms with Crippen LogP contribution in [0.1, 0.15) is 57.8 Å². The Balaban J connectivity index is 2.06. The second-order valence-corrected chi connectivity index (χ2v) is 11.1. The molecule has 9 nitrogen and oxygen atoms in total. The maximum atomic E-state index is 6.56. The van der Waals surface area contributed by atoms with Crippen LogP contribution >= 0.6 is 0 Å². The van der Waals surface area contributed by atoms with Gasteiger partial charge in [-0.05, 0) is 63.9 Å². The van der Waals surface area contributed by atoms with Gasteiger partial charge in [0.2, 0.25) is 0 Å². The van der Waals surface area contributed by atoms with E-state index >= 15 is 0 Å². The van der Waals surface area contributed by atoms with E-state index in [0.717, 1.165) is 54.3 Å². The molecule has 0 bridgehead atoms. The molecule has 0 spiro atoms. The fraction of sp³-hybridized carbons (Fsp3) is 0.600. The number of hydrogen-bond acceptors (Lipinski definition) is 8. The minimum Gasteiger partial charge on any atom is -0.384 e. The molecule has 39 heavy (non-hydrogen) atoms. The third-order valence-electron chi connectivity index (χ3n) is 7.70. The smallest absolute Gasteiger partial charge is 0.125 e. The number of allylic oxidation sites excluding steroid dienone is 3. The quantitative estimate of drug-likeness (QED) is 0.191. The second-order valence-electron chi connectivity index (χ2n) is 11.1. The van der Waals surface area contributed by atoms with Crippen molar-refractivity contribution >= 4 is 24.0 Å². The summed E-state index contributed by atoms with van der Waals surface area (Å²) < 4.78 is 1.90. The average molecular weight is 536 g/mol. The second kappa shape index (κ2) is 14.5. The lowest BCUT2D eigenvalue weighted by molar-refractivity contribution is 0.338. The molecule has 214 valence electrons. The monoisotopic (exact) mass is 535 g/mol. The molecule has 2 aliphatic heterocycles. The summed E-state index contributed by atoms with van der Waals surface area (Å²) in [7, 11) is 1.97. The molecule has 2 aliphatic rings. The van der Waals surface area contributed by atoms with Crippen LogP contribution in [0.2, 0.25) is 0 Å². The van der Waals surface area contributed by atoms with Gasteiger partial charge in [-0.15, -0.1) is 6.58 Å². The molecule has 3 rings (SSSR count). The number of rotatable bonds is 14. The minimum absolute atomic E-state index is 0.0258. The first-order valence-corrected chi connectivity index (χ1v) is 14.3. The van der Waals surface area contributed by atoms with Gasteiger partial charge in [0.15, 0.2) is 0 Å². The molecule has 1 saturated heterocycles. The molecule has 9 heteroatoms. The van der Waals surface area contributed by atoms with E-state index in [0.29, 0.717) is 18.9 Å². The van der Waals surface area contributed by atoms with Crippen LogP contribution in [0.4, 0.5) is 0 Å². The summed E-state index contributed by atoms with van der Waals surface area (Å²) in [5.74, 6) is 0.332. The Kier molecular flexibility index (Phi) is 11.4. The third kappa shape index (κ3) is 8.06. The predicted octanol–water partition coefficient (Wildman–Crippen LogP) is 3.68. The number of likely N-dealkylation sites (tertiary alicyclic amines) is 1. The van der Waals surface area contributed by atoms with Crippen LogP contribution in [0.25, 0.3) is 5.70 Å². The van der Waals surface area contributed by atoms with Gasteiger partial charge in [-0.3, -0.25) is 9.67 Å². The number of nitrogens with two attached hydrogens (primary N) is 2. The third-order valence-corrected chi connectivity index (χ3v) is 7.70. The van der Waals surface area contributed by atoms with Crippen LogP contribution in [0.5, 0.6) is 0 Å². The van der Waals surface area contributed by atoms with Crippen molar-refractivity contribution in [3.8, 4) is 0 Å². The van der Waals surface area contributed by atoms with Gasteiger partial charge in [-0.2, -0.15) is 5.10 Å². The highest BCUT2D eigenvalue weighted by molar-refractivity contribution is 5.96. The summed E-state index contributed by atoms with van der Waals surface area (Å²) in [6, 6.07) is 2.09. The van der Waals surface area contributed by atoms with E-state index in [9.17, 15) is 0 Å². The van der Waals surface area contributed by atoms with Crippen LogP contribution < -0.4 is 16.8 Å². The van der Waals surface area contributed by atoms with Crippen LogP contribution in [0.15, 0.2) is 51.2 Å². The predicted molar refractivity (Wildman–Crippen MR) is 165 cm³/mol. The summed E-state index contributed by atoms with van der Waals surface area (Å²) >= 11 is 0. The van der Waals surface area contributed by atoms with Crippen LogP contribution in [0.3, 0.4) is 0 Å². The Hall–Kier alpha value is -2.88. The van der Waals surface area contributed by atoms with Crippen molar-refractivity contribution in [1.29, 1.82) is 0 Å². The van der Waals surface area contributed by atoms with E-state index in [1.165, 1.54) is 32.3 Å². The zero-order valence-corrected chi connectivity index (χ0v) is 24.7. The highest BCUT2D eigenvalue weighted by atomic mass is 15.3. The van der Waals surface area contributed by atoms with Crippen molar-refractivity contribution in [2.24, 2.45) is 50.7 Å². The summed E-state index contributed by atoms with van der Waals surface area (Å²) in [6.45, 7) is 17.9. The van der Waals surface area contributed by atoms with Crippen LogP contribution in [0, 0.1) is 24.2 Å². The highest BCUT2D eigenvalue weighted by Gasteiger charge is 2.36. The summed E-state index contributed by atoms with van der Waals surface area (Å²) in [6.07, 6.45) is 11.8. The molecule has 5 N–H and O–H groups in total. The van der Waals surface area contributed by atoms with Crippen molar-refractivity contribution in [3.63, 3.8) is 0 Å². The molecule has 2 unspecified atom stereocenters. The molecule has 1 aromatic rings. The summed E-state index contributed by atoms with van der Waals surface area (Å²) in [5, 5.41) is 8.28. The first-order valence-electron chi connectivity index (χ1n) is 14.3. The number of aryl methyl sites for hydroxylation is 2. The summed E-state index contributed by atoms with van der Waals surface area (Å²) in [4.78, 5) is 16.8. The molecule has 0 aromatic carbocycles. The van der Waals surface area contributed by atoms with Crippen molar-refractivity contribution in [1.82, 2.24) is 20.0 Å². The molecule has 0 aliphatic carbocycles. The van der Waals surface area contributed by atoms with E-state index in [4.69, 9.17) is 16.5 Å². The molecule has 0 radical (unpaired) electrons. The van der Waals surface area contributed by atoms with Crippen molar-refractivity contribution in [2.45, 2.75) is 53.4 Å². The zero-order valence-electron chi connectivity index (χ0n) is 24.7. The molecule has 3 heterocycles. The van der Waals surface area contributed by atoms with Gasteiger partial charge in [0.05, 0.1) is 17.1 Å². The molecular formula is C30H49N9. The average Bonchev–Trinajstić information content (AvgIpc) is 3.49. The first-order chi connectivity index (χ1) is 18.7. The normalized spacial score (nSPS) is 20.1. The van der Waals surface area contributed by atoms with Gasteiger partial charge in [0.1, 0.15) is 12.2 Å². The molecule has 0 saturated carbocycles. The largest absolute Gasteiger partial charge is 0.384 e. The fourth-order valence-electron chi connectivity index (χ4n) is 5.57. The van der Waals surface area contributed by atoms with E-state index in [2.05, 4.69) is 64.8 Å². The van der Waals surface area contributed by atoms with E-state index in [1.807, 2.05) is 30.9 Å². The van der Waals surface area contributed by atoms with Crippen molar-refractivity contribution < 1.29 is 0 Å². The number of aliphatic imine (C=N–C) groups is 3. The van der Waals surface area contributed by atoms with Crippen LogP contribution in [-0.4, -0.2) is 72.2 Å². The fourth-order valence-corrected chi connectivity index (χ4v) is 5.57. The lowest BCUT2D eigenvalue weighted by Gasteiger charge is -2.35. The molecule has 1 fully saturated rings. The Morgan fingerprint density at radius 2 is 2.08 bits per heavy atom. The minimum atomic E-state index is -0.384. The molecular weight excluding hydrogens is 486 g/mol. The molecule has 2 atom stereocenters. The maximum absolute atomic E-state index is 6.56. The zero-order chi connectivity index (χ0) is 28.4. The Bertz CT molecular complexity index is 1110. The van der Waals surface area contributed by atoms with Gasteiger partial charge >= 0.3 is 0 Å². The Labute approximate surface area is 234 Å². The molecule has 0 amide bonds. The summed E-state index contributed by atoms with van der Waals surface area (Å²) in [5.41, 5.74) is 17.3. The molecule has 1 aromatic heterocycles. The Morgan fingerprint density at radius 3 is 2.69 bits per heavy atom. The van der Waals surface area contributed by atoms with Gasteiger partial charge in [-0.25, -0.2) is 9.98 Å².